The van der Waals surface area contributed by atoms with E-state index < -0.39 is 34.0 Å². The van der Waals surface area contributed by atoms with Gasteiger partial charge in [0.25, 0.3) is 5.56 Å². The lowest BCUT2D eigenvalue weighted by Gasteiger charge is -2.14. The summed E-state index contributed by atoms with van der Waals surface area (Å²) in [4.78, 5) is 39.6. The normalized spacial score (nSPS) is 13.4. The Morgan fingerprint density at radius 1 is 1.20 bits per heavy atom. The van der Waals surface area contributed by atoms with Crippen LogP contribution in [0.1, 0.15) is 56.7 Å². The zero-order valence-corrected chi connectivity index (χ0v) is 19.3. The average molecular weight is 460 g/mol. The Morgan fingerprint density at radius 3 is 2.57 bits per heavy atom. The summed E-state index contributed by atoms with van der Waals surface area (Å²) < 4.78 is 12.2. The fourth-order valence-corrected chi connectivity index (χ4v) is 5.41. The lowest BCUT2D eigenvalue weighted by atomic mass is 10.1. The van der Waals surface area contributed by atoms with Crippen molar-refractivity contribution in [1.82, 2.24) is 15.3 Å². The van der Waals surface area contributed by atoms with Crippen LogP contribution in [0.15, 0.2) is 15.7 Å². The van der Waals surface area contributed by atoms with E-state index in [4.69, 9.17) is 0 Å². The number of hydrogen-bond donors (Lipinski definition) is 4. The number of rotatable bonds is 15. The topological polar surface area (TPSA) is 132 Å². The number of unbranched alkanes of at least 4 members (excludes halogenated alkanes) is 5. The first-order valence-corrected chi connectivity index (χ1v) is 12.9. The molecule has 0 unspecified atom stereocenters. The van der Waals surface area contributed by atoms with Gasteiger partial charge in [0, 0.05) is 28.3 Å². The van der Waals surface area contributed by atoms with Crippen molar-refractivity contribution in [3.8, 4) is 0 Å². The zero-order valence-electron chi connectivity index (χ0n) is 17.7. The van der Waals surface area contributed by atoms with Gasteiger partial charge in [-0.15, -0.1) is 11.8 Å². The molecule has 1 amide bonds. The van der Waals surface area contributed by atoms with Crippen molar-refractivity contribution in [2.45, 2.75) is 58.4 Å². The summed E-state index contributed by atoms with van der Waals surface area (Å²) in [6.07, 6.45) is 9.77. The molecule has 0 radical (unpaired) electrons. The standard InChI is InChI=1S/C20H33N3O5S2/c1-3-4-5-6-7-8-11-29-14-30(28)13-16(12-24)22-18(25)10-9-17-15(2)21-20(27)23-19(17)26/h9-10,16,24H,3-8,11-14H2,1-2H3,(H,22,25)(H2,21,23,26,27)/b10-9+/t16-,30+/m0/s1. The Morgan fingerprint density at radius 2 is 1.90 bits per heavy atom. The van der Waals surface area contributed by atoms with Crippen LogP contribution in [0.4, 0.5) is 0 Å². The minimum Gasteiger partial charge on any atom is -0.394 e. The van der Waals surface area contributed by atoms with Crippen molar-refractivity contribution in [3.63, 3.8) is 0 Å². The zero-order chi connectivity index (χ0) is 22.4. The van der Waals surface area contributed by atoms with E-state index in [2.05, 4.69) is 22.2 Å². The first-order valence-electron chi connectivity index (χ1n) is 10.2. The summed E-state index contributed by atoms with van der Waals surface area (Å²) in [6.45, 7) is 3.42. The maximum Gasteiger partial charge on any atom is 0.325 e. The van der Waals surface area contributed by atoms with Gasteiger partial charge in [-0.25, -0.2) is 4.79 Å². The number of aliphatic hydroxyl groups excluding tert-OH is 1. The van der Waals surface area contributed by atoms with E-state index in [-0.39, 0.29) is 17.9 Å². The predicted molar refractivity (Wildman–Crippen MR) is 124 cm³/mol. The molecule has 1 heterocycles. The fraction of sp³-hybridized carbons (Fsp3) is 0.650. The number of aryl methyl sites for hydroxylation is 1. The monoisotopic (exact) mass is 459 g/mol. The minimum atomic E-state index is -1.16. The van der Waals surface area contributed by atoms with Crippen LogP contribution in [-0.2, 0) is 15.6 Å². The number of aromatic nitrogens is 2. The van der Waals surface area contributed by atoms with Gasteiger partial charge in [0.2, 0.25) is 5.91 Å². The first kappa shape index (κ1) is 26.4. The molecular weight excluding hydrogens is 426 g/mol. The Labute approximate surface area is 183 Å². The number of aliphatic hydroxyl groups is 1. The Hall–Kier alpha value is -1.65. The molecule has 0 aliphatic rings. The van der Waals surface area contributed by atoms with E-state index in [0.717, 1.165) is 18.2 Å². The first-order chi connectivity index (χ1) is 14.4. The van der Waals surface area contributed by atoms with Gasteiger partial charge in [-0.2, -0.15) is 0 Å². The summed E-state index contributed by atoms with van der Waals surface area (Å²) in [6, 6.07) is -0.632. The lowest BCUT2D eigenvalue weighted by molar-refractivity contribution is -0.117. The van der Waals surface area contributed by atoms with Crippen LogP contribution in [0.2, 0.25) is 0 Å². The smallest absolute Gasteiger partial charge is 0.325 e. The van der Waals surface area contributed by atoms with Crippen LogP contribution >= 0.6 is 11.8 Å². The number of carbonyl (C=O) groups is 1. The molecule has 0 fully saturated rings. The molecule has 170 valence electrons. The van der Waals surface area contributed by atoms with Gasteiger partial charge >= 0.3 is 5.69 Å². The molecule has 0 saturated carbocycles. The highest BCUT2D eigenvalue weighted by molar-refractivity contribution is 8.10. The highest BCUT2D eigenvalue weighted by Crippen LogP contribution is 2.11. The molecule has 2 atom stereocenters. The molecule has 0 spiro atoms. The van der Waals surface area contributed by atoms with E-state index >= 15 is 0 Å². The molecule has 0 aliphatic heterocycles. The molecule has 1 rings (SSSR count). The molecule has 4 N–H and O–H groups in total. The summed E-state index contributed by atoms with van der Waals surface area (Å²) in [5.74, 6) is 0.609. The fourth-order valence-electron chi connectivity index (χ4n) is 2.77. The number of nitrogens with one attached hydrogen (secondary N) is 3. The van der Waals surface area contributed by atoms with Crippen LogP contribution in [0.3, 0.4) is 0 Å². The molecule has 30 heavy (non-hydrogen) atoms. The number of carbonyl (C=O) groups excluding carboxylic acids is 1. The van der Waals surface area contributed by atoms with E-state index in [1.54, 1.807) is 18.7 Å². The highest BCUT2D eigenvalue weighted by Gasteiger charge is 2.14. The predicted octanol–water partition coefficient (Wildman–Crippen LogP) is 1.66. The SMILES string of the molecule is CCCCCCCCSC[S@](=O)C[C@H](CO)NC(=O)/C=C/c1c(C)[nH]c(=O)[nH]c1=O. The summed E-state index contributed by atoms with van der Waals surface area (Å²) in [5.41, 5.74) is -0.700. The van der Waals surface area contributed by atoms with Gasteiger partial charge in [-0.05, 0) is 25.2 Å². The maximum atomic E-state index is 12.2. The Balaban J connectivity index is 2.37. The van der Waals surface area contributed by atoms with Gasteiger partial charge in [-0.1, -0.05) is 39.0 Å². The van der Waals surface area contributed by atoms with Crippen LogP contribution in [0, 0.1) is 6.92 Å². The third-order valence-electron chi connectivity index (χ3n) is 4.39. The molecule has 1 aromatic heterocycles. The molecule has 0 aliphatic carbocycles. The van der Waals surface area contributed by atoms with Gasteiger partial charge in [0.15, 0.2) is 0 Å². The molecule has 8 nitrogen and oxygen atoms in total. The van der Waals surface area contributed by atoms with Crippen molar-refractivity contribution in [3.05, 3.63) is 38.2 Å². The van der Waals surface area contributed by atoms with Gasteiger partial charge in [0.05, 0.1) is 23.3 Å². The van der Waals surface area contributed by atoms with Crippen molar-refractivity contribution >= 4 is 34.5 Å². The van der Waals surface area contributed by atoms with Crippen molar-refractivity contribution in [1.29, 1.82) is 0 Å². The number of H-pyrrole nitrogens is 2. The molecule has 0 saturated heterocycles. The van der Waals surface area contributed by atoms with E-state index in [9.17, 15) is 23.7 Å². The van der Waals surface area contributed by atoms with Gasteiger partial charge in [-0.3, -0.25) is 18.8 Å². The van der Waals surface area contributed by atoms with Crippen LogP contribution in [0.25, 0.3) is 6.08 Å². The summed E-state index contributed by atoms with van der Waals surface area (Å²) >= 11 is 1.63. The van der Waals surface area contributed by atoms with Crippen molar-refractivity contribution in [2.75, 3.05) is 23.2 Å². The van der Waals surface area contributed by atoms with E-state index in [1.807, 2.05) is 0 Å². The second kappa shape index (κ2) is 15.2. The lowest BCUT2D eigenvalue weighted by Crippen LogP contribution is -2.40. The third-order valence-corrected chi connectivity index (χ3v) is 7.46. The number of thioether (sulfide) groups is 1. The number of amides is 1. The van der Waals surface area contributed by atoms with Crippen molar-refractivity contribution < 1.29 is 14.1 Å². The molecule has 0 bridgehead atoms. The minimum absolute atomic E-state index is 0.165. The van der Waals surface area contributed by atoms with Gasteiger partial charge in [0.1, 0.15) is 0 Å². The van der Waals surface area contributed by atoms with E-state index in [0.29, 0.717) is 10.8 Å². The largest absolute Gasteiger partial charge is 0.394 e. The highest BCUT2D eigenvalue weighted by atomic mass is 32.2. The third kappa shape index (κ3) is 10.9. The Bertz CT molecular complexity index is 819. The quantitative estimate of drug-likeness (QED) is 0.233. The number of aromatic amines is 2. The average Bonchev–Trinajstić information content (AvgIpc) is 2.68. The second-order valence-electron chi connectivity index (χ2n) is 7.07. The van der Waals surface area contributed by atoms with Crippen molar-refractivity contribution in [2.24, 2.45) is 0 Å². The molecular formula is C20H33N3O5S2. The van der Waals surface area contributed by atoms with Crippen LogP contribution in [-0.4, -0.2) is 54.4 Å². The Kier molecular flexibility index (Phi) is 13.4. The summed E-state index contributed by atoms with van der Waals surface area (Å²) in [5, 5.41) is 12.5. The summed E-state index contributed by atoms with van der Waals surface area (Å²) in [7, 11) is -1.16. The number of hydrogen-bond acceptors (Lipinski definition) is 6. The second-order valence-corrected chi connectivity index (χ2v) is 10.0. The molecule has 10 heteroatoms. The molecule has 1 aromatic rings. The maximum absolute atomic E-state index is 12.2. The van der Waals surface area contributed by atoms with Gasteiger partial charge < -0.3 is 15.4 Å². The molecule has 0 aromatic carbocycles. The van der Waals surface area contributed by atoms with Crippen LogP contribution in [0.5, 0.6) is 0 Å². The van der Waals surface area contributed by atoms with Crippen LogP contribution < -0.4 is 16.6 Å². The van der Waals surface area contributed by atoms with E-state index in [1.165, 1.54) is 38.2 Å².